The van der Waals surface area contributed by atoms with Crippen LogP contribution in [0.3, 0.4) is 0 Å². The molecule has 0 spiro atoms. The Hall–Kier alpha value is -0.610. The predicted molar refractivity (Wildman–Crippen MR) is 59.0 cm³/mol. The Kier molecular flexibility index (Phi) is 3.37. The maximum Gasteiger partial charge on any atom is 0.141 e. The van der Waals surface area contributed by atoms with Gasteiger partial charge in [0.1, 0.15) is 5.82 Å². The Morgan fingerprint density at radius 1 is 1.50 bits per heavy atom. The van der Waals surface area contributed by atoms with Crippen molar-refractivity contribution in [1.29, 1.82) is 0 Å². The van der Waals surface area contributed by atoms with E-state index < -0.39 is 0 Å². The van der Waals surface area contributed by atoms with Crippen molar-refractivity contribution in [3.05, 3.63) is 23.8 Å². The summed E-state index contributed by atoms with van der Waals surface area (Å²) in [5.41, 5.74) is 6.50. The monoisotopic (exact) mass is 209 g/mol. The summed E-state index contributed by atoms with van der Waals surface area (Å²) < 4.78 is 0. The standard InChI is InChI=1S/C10H15N3S/c11-7-8-4-5-12-10(13-8)9-3-1-2-6-14-9/h4-5,9H,1-3,6-7,11H2. The molecule has 1 atom stereocenters. The van der Waals surface area contributed by atoms with Crippen LogP contribution in [0.5, 0.6) is 0 Å². The van der Waals surface area contributed by atoms with Crippen LogP contribution in [0.1, 0.15) is 36.0 Å². The first-order valence-electron chi connectivity index (χ1n) is 5.03. The lowest BCUT2D eigenvalue weighted by molar-refractivity contribution is 0.658. The highest BCUT2D eigenvalue weighted by Crippen LogP contribution is 2.36. The van der Waals surface area contributed by atoms with Crippen LogP contribution >= 0.6 is 11.8 Å². The van der Waals surface area contributed by atoms with Crippen molar-refractivity contribution in [2.75, 3.05) is 5.75 Å². The van der Waals surface area contributed by atoms with Crippen molar-refractivity contribution in [1.82, 2.24) is 9.97 Å². The topological polar surface area (TPSA) is 51.8 Å². The van der Waals surface area contributed by atoms with Gasteiger partial charge < -0.3 is 5.73 Å². The molecule has 0 saturated carbocycles. The molecule has 0 radical (unpaired) electrons. The lowest BCUT2D eigenvalue weighted by Crippen LogP contribution is -2.09. The van der Waals surface area contributed by atoms with Crippen LogP contribution < -0.4 is 5.73 Å². The van der Waals surface area contributed by atoms with Gasteiger partial charge in [0.2, 0.25) is 0 Å². The molecule has 1 fully saturated rings. The third-order valence-electron chi connectivity index (χ3n) is 2.41. The van der Waals surface area contributed by atoms with E-state index in [1.165, 1.54) is 25.0 Å². The number of nitrogens with two attached hydrogens (primary N) is 1. The Morgan fingerprint density at radius 3 is 3.14 bits per heavy atom. The van der Waals surface area contributed by atoms with E-state index >= 15 is 0 Å². The zero-order chi connectivity index (χ0) is 9.80. The second-order valence-corrected chi connectivity index (χ2v) is 4.78. The zero-order valence-corrected chi connectivity index (χ0v) is 8.96. The SMILES string of the molecule is NCc1ccnc(C2CCCCS2)n1. The summed E-state index contributed by atoms with van der Waals surface area (Å²) in [4.78, 5) is 8.78. The number of hydrogen-bond donors (Lipinski definition) is 1. The normalized spacial score (nSPS) is 22.2. The van der Waals surface area contributed by atoms with Crippen molar-refractivity contribution in [2.45, 2.75) is 31.1 Å². The zero-order valence-electron chi connectivity index (χ0n) is 8.15. The first kappa shape index (κ1) is 9.93. The summed E-state index contributed by atoms with van der Waals surface area (Å²) in [6.07, 6.45) is 5.66. The Morgan fingerprint density at radius 2 is 2.43 bits per heavy atom. The van der Waals surface area contributed by atoms with Crippen molar-refractivity contribution in [3.63, 3.8) is 0 Å². The smallest absolute Gasteiger partial charge is 0.141 e. The van der Waals surface area contributed by atoms with Gasteiger partial charge >= 0.3 is 0 Å². The maximum atomic E-state index is 5.55. The van der Waals surface area contributed by atoms with E-state index in [0.29, 0.717) is 11.8 Å². The number of rotatable bonds is 2. The van der Waals surface area contributed by atoms with Crippen molar-refractivity contribution < 1.29 is 0 Å². The van der Waals surface area contributed by atoms with Gasteiger partial charge in [-0.25, -0.2) is 9.97 Å². The van der Waals surface area contributed by atoms with E-state index in [4.69, 9.17) is 5.73 Å². The van der Waals surface area contributed by atoms with Crippen LogP contribution in [-0.2, 0) is 6.54 Å². The van der Waals surface area contributed by atoms with Crippen LogP contribution in [0.25, 0.3) is 0 Å². The van der Waals surface area contributed by atoms with Gasteiger partial charge in [0.05, 0.1) is 10.9 Å². The van der Waals surface area contributed by atoms with Crippen molar-refractivity contribution in [3.8, 4) is 0 Å². The van der Waals surface area contributed by atoms with Gasteiger partial charge in [0.25, 0.3) is 0 Å². The largest absolute Gasteiger partial charge is 0.325 e. The summed E-state index contributed by atoms with van der Waals surface area (Å²) in [5.74, 6) is 2.21. The van der Waals surface area contributed by atoms with Gasteiger partial charge in [0, 0.05) is 12.7 Å². The molecule has 0 aromatic carbocycles. The summed E-state index contributed by atoms with van der Waals surface area (Å²) in [5, 5.41) is 0.496. The average Bonchev–Trinajstić information content (AvgIpc) is 2.30. The molecule has 2 heterocycles. The molecule has 0 bridgehead atoms. The van der Waals surface area contributed by atoms with Crippen LogP contribution in [0.4, 0.5) is 0 Å². The van der Waals surface area contributed by atoms with Crippen molar-refractivity contribution >= 4 is 11.8 Å². The molecule has 0 amide bonds. The summed E-state index contributed by atoms with van der Waals surface area (Å²) in [6.45, 7) is 0.507. The molecule has 1 unspecified atom stereocenters. The van der Waals surface area contributed by atoms with Gasteiger partial charge in [-0.05, 0) is 24.7 Å². The van der Waals surface area contributed by atoms with Crippen molar-refractivity contribution in [2.24, 2.45) is 5.73 Å². The lowest BCUT2D eigenvalue weighted by Gasteiger charge is -2.19. The minimum absolute atomic E-state index is 0.496. The molecule has 1 aromatic heterocycles. The van der Waals surface area contributed by atoms with Crippen LogP contribution in [-0.4, -0.2) is 15.7 Å². The van der Waals surface area contributed by atoms with Crippen LogP contribution in [0, 0.1) is 0 Å². The highest BCUT2D eigenvalue weighted by atomic mass is 32.2. The Labute approximate surface area is 88.5 Å². The van der Waals surface area contributed by atoms with E-state index in [-0.39, 0.29) is 0 Å². The molecule has 1 saturated heterocycles. The molecular formula is C10H15N3S. The second kappa shape index (κ2) is 4.75. The van der Waals surface area contributed by atoms with E-state index in [0.717, 1.165) is 11.5 Å². The fourth-order valence-corrected chi connectivity index (χ4v) is 2.88. The highest BCUT2D eigenvalue weighted by molar-refractivity contribution is 7.99. The lowest BCUT2D eigenvalue weighted by atomic mass is 10.2. The minimum Gasteiger partial charge on any atom is -0.325 e. The predicted octanol–water partition coefficient (Wildman–Crippen LogP) is 1.89. The quantitative estimate of drug-likeness (QED) is 0.808. The van der Waals surface area contributed by atoms with Gasteiger partial charge in [-0.2, -0.15) is 11.8 Å². The fourth-order valence-electron chi connectivity index (χ4n) is 1.63. The van der Waals surface area contributed by atoms with Crippen LogP contribution in [0.15, 0.2) is 12.3 Å². The van der Waals surface area contributed by atoms with E-state index in [1.54, 1.807) is 0 Å². The van der Waals surface area contributed by atoms with Gasteiger partial charge in [-0.15, -0.1) is 0 Å². The van der Waals surface area contributed by atoms with E-state index in [9.17, 15) is 0 Å². The molecular weight excluding hydrogens is 194 g/mol. The first-order valence-corrected chi connectivity index (χ1v) is 6.08. The van der Waals surface area contributed by atoms with E-state index in [2.05, 4.69) is 9.97 Å². The molecule has 2 rings (SSSR count). The molecule has 1 aliphatic heterocycles. The number of aromatic nitrogens is 2. The maximum absolute atomic E-state index is 5.55. The molecule has 4 heteroatoms. The fraction of sp³-hybridized carbons (Fsp3) is 0.600. The summed E-state index contributed by atoms with van der Waals surface area (Å²) in [7, 11) is 0. The first-order chi connectivity index (χ1) is 6.90. The molecule has 3 nitrogen and oxygen atoms in total. The van der Waals surface area contributed by atoms with Crippen LogP contribution in [0.2, 0.25) is 0 Å². The summed E-state index contributed by atoms with van der Waals surface area (Å²) in [6, 6.07) is 1.89. The van der Waals surface area contributed by atoms with E-state index in [1.807, 2.05) is 24.0 Å². The third-order valence-corrected chi connectivity index (χ3v) is 3.78. The Bertz CT molecular complexity index is 297. The second-order valence-electron chi connectivity index (χ2n) is 3.47. The minimum atomic E-state index is 0.496. The molecule has 14 heavy (non-hydrogen) atoms. The average molecular weight is 209 g/mol. The molecule has 76 valence electrons. The molecule has 0 aliphatic carbocycles. The third kappa shape index (κ3) is 2.25. The number of hydrogen-bond acceptors (Lipinski definition) is 4. The number of thioether (sulfide) groups is 1. The van der Waals surface area contributed by atoms with Gasteiger partial charge in [0.15, 0.2) is 0 Å². The summed E-state index contributed by atoms with van der Waals surface area (Å²) >= 11 is 1.97. The molecule has 2 N–H and O–H groups in total. The molecule has 1 aliphatic rings. The molecule has 1 aromatic rings. The van der Waals surface area contributed by atoms with Gasteiger partial charge in [-0.1, -0.05) is 6.42 Å². The Balaban J connectivity index is 2.13. The number of nitrogens with zero attached hydrogens (tertiary/aromatic N) is 2. The highest BCUT2D eigenvalue weighted by Gasteiger charge is 2.18. The van der Waals surface area contributed by atoms with Gasteiger partial charge in [-0.3, -0.25) is 0 Å².